The number of carboxylic acids is 1. The van der Waals surface area contributed by atoms with E-state index in [1.165, 1.54) is 18.0 Å². The number of ether oxygens (including phenoxy) is 1. The van der Waals surface area contributed by atoms with E-state index in [1.807, 2.05) is 25.1 Å². The number of carbonyl (C=O) groups is 2. The number of hydrogen-bond acceptors (Lipinski definition) is 3. The summed E-state index contributed by atoms with van der Waals surface area (Å²) in [5.74, 6) is -0.761. The lowest BCUT2D eigenvalue weighted by Gasteiger charge is -2.19. The van der Waals surface area contributed by atoms with E-state index in [9.17, 15) is 14.7 Å². The number of rotatable bonds is 5. The fourth-order valence-electron chi connectivity index (χ4n) is 2.04. The van der Waals surface area contributed by atoms with Gasteiger partial charge in [0.2, 0.25) is 0 Å². The molecule has 2 aromatic rings. The number of amides is 1. The molecular formula is C17H17NO4. The number of aryl methyl sites for hydroxylation is 1. The van der Waals surface area contributed by atoms with Crippen LogP contribution in [0, 0.1) is 6.92 Å². The lowest BCUT2D eigenvalue weighted by molar-refractivity contribution is -0.120. The van der Waals surface area contributed by atoms with Gasteiger partial charge in [-0.05, 0) is 30.7 Å². The van der Waals surface area contributed by atoms with Crippen LogP contribution < -0.4 is 9.64 Å². The Bertz CT molecular complexity index is 697. The summed E-state index contributed by atoms with van der Waals surface area (Å²) in [5.41, 5.74) is 1.35. The molecule has 0 unspecified atom stereocenters. The van der Waals surface area contributed by atoms with Crippen LogP contribution in [0.25, 0.3) is 0 Å². The molecule has 0 atom stereocenters. The molecule has 0 aliphatic carbocycles. The normalized spacial score (nSPS) is 10.1. The summed E-state index contributed by atoms with van der Waals surface area (Å²) < 4.78 is 5.50. The van der Waals surface area contributed by atoms with Crippen molar-refractivity contribution < 1.29 is 19.4 Å². The van der Waals surface area contributed by atoms with E-state index in [0.29, 0.717) is 11.4 Å². The SMILES string of the molecule is Cc1ccccc1OCC(=O)N(C)c1ccccc1C(=O)O. The second-order valence-corrected chi connectivity index (χ2v) is 4.83. The zero-order valence-corrected chi connectivity index (χ0v) is 12.4. The van der Waals surface area contributed by atoms with Crippen LogP contribution in [-0.4, -0.2) is 30.6 Å². The molecule has 1 N–H and O–H groups in total. The average molecular weight is 299 g/mol. The zero-order valence-electron chi connectivity index (χ0n) is 12.4. The van der Waals surface area contributed by atoms with Gasteiger partial charge in [-0.25, -0.2) is 4.79 Å². The van der Waals surface area contributed by atoms with E-state index >= 15 is 0 Å². The van der Waals surface area contributed by atoms with E-state index in [1.54, 1.807) is 24.3 Å². The van der Waals surface area contributed by atoms with Crippen LogP contribution >= 0.6 is 0 Å². The maximum atomic E-state index is 12.2. The Morgan fingerprint density at radius 1 is 1.09 bits per heavy atom. The van der Waals surface area contributed by atoms with Gasteiger partial charge in [0.25, 0.3) is 5.91 Å². The molecule has 5 heteroatoms. The highest BCUT2D eigenvalue weighted by Crippen LogP contribution is 2.20. The maximum Gasteiger partial charge on any atom is 0.337 e. The Hall–Kier alpha value is -2.82. The number of carbonyl (C=O) groups excluding carboxylic acids is 1. The van der Waals surface area contributed by atoms with Crippen LogP contribution in [0.2, 0.25) is 0 Å². The van der Waals surface area contributed by atoms with Crippen molar-refractivity contribution in [3.8, 4) is 5.75 Å². The fraction of sp³-hybridized carbons (Fsp3) is 0.176. The first-order valence-corrected chi connectivity index (χ1v) is 6.78. The second kappa shape index (κ2) is 6.76. The van der Waals surface area contributed by atoms with Gasteiger partial charge in [0.1, 0.15) is 5.75 Å². The van der Waals surface area contributed by atoms with E-state index < -0.39 is 5.97 Å². The monoisotopic (exact) mass is 299 g/mol. The number of anilines is 1. The van der Waals surface area contributed by atoms with E-state index in [-0.39, 0.29) is 18.1 Å². The molecule has 1 amide bonds. The highest BCUT2D eigenvalue weighted by Gasteiger charge is 2.18. The minimum atomic E-state index is -1.07. The van der Waals surface area contributed by atoms with Gasteiger partial charge in [-0.15, -0.1) is 0 Å². The van der Waals surface area contributed by atoms with Gasteiger partial charge >= 0.3 is 5.97 Å². The third-order valence-electron chi connectivity index (χ3n) is 3.31. The number of para-hydroxylation sites is 2. The Balaban J connectivity index is 2.10. The van der Waals surface area contributed by atoms with Gasteiger partial charge in [0, 0.05) is 7.05 Å². The van der Waals surface area contributed by atoms with Crippen molar-refractivity contribution in [3.05, 3.63) is 59.7 Å². The highest BCUT2D eigenvalue weighted by molar-refractivity contribution is 6.02. The van der Waals surface area contributed by atoms with Crippen LogP contribution in [0.5, 0.6) is 5.75 Å². The third-order valence-corrected chi connectivity index (χ3v) is 3.31. The van der Waals surface area contributed by atoms with Crippen LogP contribution in [-0.2, 0) is 4.79 Å². The van der Waals surface area contributed by atoms with Gasteiger partial charge in [-0.3, -0.25) is 4.79 Å². The molecule has 0 radical (unpaired) electrons. The molecule has 0 spiro atoms. The van der Waals surface area contributed by atoms with E-state index in [4.69, 9.17) is 4.74 Å². The predicted molar refractivity (Wildman–Crippen MR) is 83.5 cm³/mol. The van der Waals surface area contributed by atoms with E-state index in [2.05, 4.69) is 0 Å². The van der Waals surface area contributed by atoms with Crippen LogP contribution in [0.15, 0.2) is 48.5 Å². The molecule has 2 rings (SSSR count). The van der Waals surface area contributed by atoms with Crippen molar-refractivity contribution >= 4 is 17.6 Å². The van der Waals surface area contributed by atoms with Gasteiger partial charge < -0.3 is 14.7 Å². The summed E-state index contributed by atoms with van der Waals surface area (Å²) >= 11 is 0. The van der Waals surface area contributed by atoms with Gasteiger partial charge in [0.15, 0.2) is 6.61 Å². The van der Waals surface area contributed by atoms with Crippen molar-refractivity contribution in [1.82, 2.24) is 0 Å². The Morgan fingerprint density at radius 3 is 2.41 bits per heavy atom. The van der Waals surface area contributed by atoms with Crippen LogP contribution in [0.1, 0.15) is 15.9 Å². The Labute approximate surface area is 128 Å². The van der Waals surface area contributed by atoms with Crippen LogP contribution in [0.3, 0.4) is 0 Å². The molecule has 0 saturated carbocycles. The number of benzene rings is 2. The number of carboxylic acid groups (broad SMARTS) is 1. The summed E-state index contributed by atoms with van der Waals surface area (Å²) in [4.78, 5) is 24.7. The minimum absolute atomic E-state index is 0.0780. The number of nitrogens with zero attached hydrogens (tertiary/aromatic N) is 1. The first-order chi connectivity index (χ1) is 10.5. The quantitative estimate of drug-likeness (QED) is 0.922. The molecule has 5 nitrogen and oxygen atoms in total. The molecule has 0 saturated heterocycles. The molecule has 0 aliphatic heterocycles. The molecule has 114 valence electrons. The summed E-state index contributed by atoms with van der Waals surface area (Å²) in [6.07, 6.45) is 0. The maximum absolute atomic E-state index is 12.2. The van der Waals surface area contributed by atoms with Gasteiger partial charge in [-0.2, -0.15) is 0 Å². The number of aromatic carboxylic acids is 1. The van der Waals surface area contributed by atoms with Crippen LogP contribution in [0.4, 0.5) is 5.69 Å². The van der Waals surface area contributed by atoms with E-state index in [0.717, 1.165) is 5.56 Å². The van der Waals surface area contributed by atoms with Crippen molar-refractivity contribution in [2.45, 2.75) is 6.92 Å². The lowest BCUT2D eigenvalue weighted by Crippen LogP contribution is -2.32. The second-order valence-electron chi connectivity index (χ2n) is 4.83. The lowest BCUT2D eigenvalue weighted by atomic mass is 10.1. The highest BCUT2D eigenvalue weighted by atomic mass is 16.5. The van der Waals surface area contributed by atoms with Gasteiger partial charge in [0.05, 0.1) is 11.3 Å². The Kier molecular flexibility index (Phi) is 4.78. The molecular weight excluding hydrogens is 282 g/mol. The fourth-order valence-corrected chi connectivity index (χ4v) is 2.04. The molecule has 22 heavy (non-hydrogen) atoms. The summed E-state index contributed by atoms with van der Waals surface area (Å²) in [6, 6.07) is 13.8. The smallest absolute Gasteiger partial charge is 0.337 e. The summed E-state index contributed by atoms with van der Waals surface area (Å²) in [6.45, 7) is 1.73. The first kappa shape index (κ1) is 15.6. The summed E-state index contributed by atoms with van der Waals surface area (Å²) in [5, 5.41) is 9.17. The molecule has 2 aromatic carbocycles. The largest absolute Gasteiger partial charge is 0.483 e. The van der Waals surface area contributed by atoms with Crippen molar-refractivity contribution in [1.29, 1.82) is 0 Å². The van der Waals surface area contributed by atoms with Gasteiger partial charge in [-0.1, -0.05) is 30.3 Å². The number of hydrogen-bond donors (Lipinski definition) is 1. The first-order valence-electron chi connectivity index (χ1n) is 6.78. The predicted octanol–water partition coefficient (Wildman–Crippen LogP) is 2.74. The average Bonchev–Trinajstić information content (AvgIpc) is 2.53. The topological polar surface area (TPSA) is 66.8 Å². The standard InChI is InChI=1S/C17H17NO4/c1-12-7-3-6-10-15(12)22-11-16(19)18(2)14-9-5-4-8-13(14)17(20)21/h3-10H,11H2,1-2H3,(H,20,21). The molecule has 0 aliphatic rings. The molecule has 0 fully saturated rings. The Morgan fingerprint density at radius 2 is 1.73 bits per heavy atom. The third kappa shape index (κ3) is 3.44. The summed E-state index contributed by atoms with van der Waals surface area (Å²) in [7, 11) is 1.53. The van der Waals surface area contributed by atoms with Crippen molar-refractivity contribution in [2.24, 2.45) is 0 Å². The molecule has 0 heterocycles. The number of likely N-dealkylation sites (N-methyl/N-ethyl adjacent to an activating group) is 1. The molecule has 0 bridgehead atoms. The minimum Gasteiger partial charge on any atom is -0.483 e. The zero-order chi connectivity index (χ0) is 16.1. The van der Waals surface area contributed by atoms with Crippen molar-refractivity contribution in [3.63, 3.8) is 0 Å². The van der Waals surface area contributed by atoms with Crippen molar-refractivity contribution in [2.75, 3.05) is 18.6 Å². The molecule has 0 aromatic heterocycles.